The van der Waals surface area contributed by atoms with E-state index in [4.69, 9.17) is 9.72 Å². The molecule has 1 atom stereocenters. The van der Waals surface area contributed by atoms with Crippen molar-refractivity contribution in [2.45, 2.75) is 50.6 Å². The van der Waals surface area contributed by atoms with Crippen molar-refractivity contribution in [2.24, 2.45) is 0 Å². The Morgan fingerprint density at radius 1 is 1.03 bits per heavy atom. The molecule has 0 bridgehead atoms. The predicted molar refractivity (Wildman–Crippen MR) is 110 cm³/mol. The molecule has 1 saturated heterocycles. The fraction of sp³-hybridized carbons (Fsp3) is 0.476. The lowest BCUT2D eigenvalue weighted by Crippen LogP contribution is -2.23. The predicted octanol–water partition coefficient (Wildman–Crippen LogP) is 4.55. The number of benzene rings is 1. The number of hydrogen-bond acceptors (Lipinski definition) is 6. The van der Waals surface area contributed by atoms with E-state index >= 15 is 0 Å². The fourth-order valence-electron chi connectivity index (χ4n) is 4.28. The van der Waals surface area contributed by atoms with Gasteiger partial charge in [0.2, 0.25) is 11.9 Å². The Balaban J connectivity index is 1.53. The minimum absolute atomic E-state index is 0.0234. The van der Waals surface area contributed by atoms with Gasteiger partial charge < -0.3 is 15.4 Å². The number of rotatable bonds is 5. The topological polar surface area (TPSA) is 76.9 Å². The Morgan fingerprint density at radius 3 is 2.57 bits per heavy atom. The van der Waals surface area contributed by atoms with Crippen molar-refractivity contribution in [3.8, 4) is 0 Å². The molecular formula is C21H24F2N6O. The van der Waals surface area contributed by atoms with Gasteiger partial charge in [0.05, 0.1) is 18.8 Å². The fourth-order valence-corrected chi connectivity index (χ4v) is 4.28. The van der Waals surface area contributed by atoms with Crippen LogP contribution in [0.3, 0.4) is 0 Å². The lowest BCUT2D eigenvalue weighted by molar-refractivity contribution is 0.187. The Bertz CT molecular complexity index is 1020. The number of anilines is 3. The van der Waals surface area contributed by atoms with Crippen molar-refractivity contribution in [1.82, 2.24) is 19.5 Å². The molecule has 2 aromatic heterocycles. The summed E-state index contributed by atoms with van der Waals surface area (Å²) in [7, 11) is 0. The molecule has 5 rings (SSSR count). The quantitative estimate of drug-likeness (QED) is 0.638. The normalized spacial score (nSPS) is 20.0. The van der Waals surface area contributed by atoms with Crippen molar-refractivity contribution >= 4 is 28.7 Å². The maximum absolute atomic E-state index is 14.2. The molecule has 0 spiro atoms. The van der Waals surface area contributed by atoms with Crippen LogP contribution in [-0.2, 0) is 4.74 Å². The van der Waals surface area contributed by atoms with E-state index in [1.54, 1.807) is 6.20 Å². The summed E-state index contributed by atoms with van der Waals surface area (Å²) in [4.78, 5) is 13.7. The second kappa shape index (κ2) is 8.14. The van der Waals surface area contributed by atoms with Gasteiger partial charge >= 0.3 is 0 Å². The second-order valence-corrected chi connectivity index (χ2v) is 7.93. The van der Waals surface area contributed by atoms with E-state index in [-0.39, 0.29) is 11.7 Å². The first-order valence-corrected chi connectivity index (χ1v) is 10.5. The number of ether oxygens (including phenoxy) is 1. The van der Waals surface area contributed by atoms with Crippen LogP contribution in [0.5, 0.6) is 0 Å². The molecule has 3 aromatic rings. The van der Waals surface area contributed by atoms with Gasteiger partial charge in [0, 0.05) is 12.6 Å². The van der Waals surface area contributed by atoms with Crippen LogP contribution in [0.4, 0.5) is 26.4 Å². The minimum Gasteiger partial charge on any atom is -0.379 e. The molecule has 1 saturated carbocycles. The van der Waals surface area contributed by atoms with Crippen LogP contribution >= 0.6 is 0 Å². The third-order valence-corrected chi connectivity index (χ3v) is 5.84. The lowest BCUT2D eigenvalue weighted by atomic mass is 9.96. The maximum atomic E-state index is 14.2. The van der Waals surface area contributed by atoms with Crippen LogP contribution in [0.25, 0.3) is 11.2 Å². The van der Waals surface area contributed by atoms with Gasteiger partial charge in [-0.2, -0.15) is 4.98 Å². The molecule has 158 valence electrons. The monoisotopic (exact) mass is 414 g/mol. The SMILES string of the molecule is Fc1cccc(F)c1Nc1nc2cnc(NC3CCCCC3)nc2n1[C@H]1CCOC1. The number of para-hydroxylation sites is 1. The minimum atomic E-state index is -0.679. The zero-order valence-corrected chi connectivity index (χ0v) is 16.6. The number of nitrogens with zero attached hydrogens (tertiary/aromatic N) is 4. The molecule has 0 radical (unpaired) electrons. The number of nitrogens with one attached hydrogen (secondary N) is 2. The molecule has 0 unspecified atom stereocenters. The summed E-state index contributed by atoms with van der Waals surface area (Å²) in [5.41, 5.74) is 0.954. The molecule has 1 aliphatic heterocycles. The summed E-state index contributed by atoms with van der Waals surface area (Å²) in [5.74, 6) is -0.476. The number of halogens is 2. The Kier molecular flexibility index (Phi) is 5.20. The van der Waals surface area contributed by atoms with Gasteiger partial charge in [-0.3, -0.25) is 4.57 Å². The lowest BCUT2D eigenvalue weighted by Gasteiger charge is -2.22. The molecule has 1 aromatic carbocycles. The van der Waals surface area contributed by atoms with Crippen molar-refractivity contribution in [1.29, 1.82) is 0 Å². The zero-order chi connectivity index (χ0) is 20.5. The summed E-state index contributed by atoms with van der Waals surface area (Å²) >= 11 is 0. The molecular weight excluding hydrogens is 390 g/mol. The summed E-state index contributed by atoms with van der Waals surface area (Å²) < 4.78 is 35.9. The van der Waals surface area contributed by atoms with Crippen LogP contribution in [0.15, 0.2) is 24.4 Å². The van der Waals surface area contributed by atoms with Gasteiger partial charge in [-0.1, -0.05) is 25.3 Å². The highest BCUT2D eigenvalue weighted by atomic mass is 19.1. The van der Waals surface area contributed by atoms with E-state index in [2.05, 4.69) is 20.6 Å². The van der Waals surface area contributed by atoms with Crippen LogP contribution in [-0.4, -0.2) is 38.8 Å². The molecule has 1 aliphatic carbocycles. The maximum Gasteiger partial charge on any atom is 0.224 e. The highest BCUT2D eigenvalue weighted by Gasteiger charge is 2.26. The van der Waals surface area contributed by atoms with E-state index in [1.165, 1.54) is 37.5 Å². The first-order valence-electron chi connectivity index (χ1n) is 10.5. The van der Waals surface area contributed by atoms with Crippen molar-refractivity contribution in [3.05, 3.63) is 36.0 Å². The van der Waals surface area contributed by atoms with E-state index in [1.807, 2.05) is 4.57 Å². The Labute approximate surface area is 172 Å². The average molecular weight is 414 g/mol. The van der Waals surface area contributed by atoms with Crippen molar-refractivity contribution < 1.29 is 13.5 Å². The Morgan fingerprint density at radius 2 is 1.83 bits per heavy atom. The highest BCUT2D eigenvalue weighted by molar-refractivity contribution is 5.76. The first kappa shape index (κ1) is 19.2. The van der Waals surface area contributed by atoms with Gasteiger partial charge in [-0.25, -0.2) is 18.7 Å². The third-order valence-electron chi connectivity index (χ3n) is 5.84. The van der Waals surface area contributed by atoms with E-state index in [9.17, 15) is 8.78 Å². The van der Waals surface area contributed by atoms with Gasteiger partial charge in [-0.05, 0) is 31.4 Å². The summed E-state index contributed by atoms with van der Waals surface area (Å²) in [6, 6.07) is 4.10. The van der Waals surface area contributed by atoms with Crippen LogP contribution in [0.1, 0.15) is 44.6 Å². The van der Waals surface area contributed by atoms with Crippen molar-refractivity contribution in [3.63, 3.8) is 0 Å². The zero-order valence-electron chi connectivity index (χ0n) is 16.6. The average Bonchev–Trinajstić information content (AvgIpc) is 3.39. The first-order chi connectivity index (χ1) is 14.7. The van der Waals surface area contributed by atoms with Crippen LogP contribution < -0.4 is 10.6 Å². The molecule has 2 aliphatic rings. The molecule has 9 heteroatoms. The number of imidazole rings is 1. The van der Waals surface area contributed by atoms with E-state index < -0.39 is 11.6 Å². The highest BCUT2D eigenvalue weighted by Crippen LogP contribution is 2.32. The van der Waals surface area contributed by atoms with Gasteiger partial charge in [-0.15, -0.1) is 0 Å². The largest absolute Gasteiger partial charge is 0.379 e. The van der Waals surface area contributed by atoms with Crippen LogP contribution in [0, 0.1) is 11.6 Å². The molecule has 3 heterocycles. The summed E-state index contributed by atoms with van der Waals surface area (Å²) in [6.07, 6.45) is 8.33. The molecule has 0 amide bonds. The van der Waals surface area contributed by atoms with Gasteiger partial charge in [0.25, 0.3) is 0 Å². The second-order valence-electron chi connectivity index (χ2n) is 7.93. The molecule has 2 N–H and O–H groups in total. The molecule has 2 fully saturated rings. The molecule has 7 nitrogen and oxygen atoms in total. The summed E-state index contributed by atoms with van der Waals surface area (Å²) in [5, 5.41) is 6.27. The van der Waals surface area contributed by atoms with E-state index in [0.717, 1.165) is 19.3 Å². The van der Waals surface area contributed by atoms with Crippen LogP contribution in [0.2, 0.25) is 0 Å². The summed E-state index contributed by atoms with van der Waals surface area (Å²) in [6.45, 7) is 1.12. The van der Waals surface area contributed by atoms with Gasteiger partial charge in [0.15, 0.2) is 5.65 Å². The van der Waals surface area contributed by atoms with Gasteiger partial charge in [0.1, 0.15) is 22.8 Å². The third kappa shape index (κ3) is 3.69. The van der Waals surface area contributed by atoms with E-state index in [0.29, 0.717) is 42.3 Å². The Hall–Kier alpha value is -2.81. The number of aromatic nitrogens is 4. The smallest absolute Gasteiger partial charge is 0.224 e. The number of fused-ring (bicyclic) bond motifs is 1. The number of hydrogen-bond donors (Lipinski definition) is 2. The van der Waals surface area contributed by atoms with Crippen molar-refractivity contribution in [2.75, 3.05) is 23.8 Å². The molecule has 30 heavy (non-hydrogen) atoms. The standard InChI is InChI=1S/C21H24F2N6O/c22-15-7-4-8-16(23)18(15)27-21-26-17-11-24-20(25-13-5-2-1-3-6-13)28-19(17)29(21)14-9-10-30-12-14/h4,7-8,11,13-14H,1-3,5-6,9-10,12H2,(H,26,27)(H,24,25,28)/t14-/m0/s1.